The number of hydrogen-bond acceptors (Lipinski definition) is 3. The van der Waals surface area contributed by atoms with Crippen LogP contribution >= 0.6 is 0 Å². The summed E-state index contributed by atoms with van der Waals surface area (Å²) in [6.07, 6.45) is 18.7. The molecule has 2 aliphatic rings. The minimum Gasteiger partial charge on any atom is -0.456 e. The molecule has 0 saturated heterocycles. The second kappa shape index (κ2) is 18.3. The molecule has 0 fully saturated rings. The van der Waals surface area contributed by atoms with Gasteiger partial charge in [0, 0.05) is 35.9 Å². The first kappa shape index (κ1) is 38.6. The number of allylic oxidation sites excluding steroid dienone is 8. The van der Waals surface area contributed by atoms with Gasteiger partial charge >= 0.3 is 17.6 Å². The smallest absolute Gasteiger partial charge is 0.414 e. The van der Waals surface area contributed by atoms with Crippen LogP contribution in [0, 0.1) is 0 Å². The molecule has 1 aliphatic carbocycles. The van der Waals surface area contributed by atoms with Crippen LogP contribution in [-0.2, 0) is 23.1 Å². The van der Waals surface area contributed by atoms with Gasteiger partial charge in [-0.2, -0.15) is 0 Å². The van der Waals surface area contributed by atoms with E-state index in [0.29, 0.717) is 0 Å². The third-order valence-electron chi connectivity index (χ3n) is 10.3. The fraction of sp³-hybridized carbons (Fsp3) is 0.113. The Morgan fingerprint density at radius 2 is 1.22 bits per heavy atom. The van der Waals surface area contributed by atoms with E-state index in [0.717, 1.165) is 98.1 Å². The van der Waals surface area contributed by atoms with Crippen molar-refractivity contribution in [1.82, 2.24) is 4.90 Å². The highest BCUT2D eigenvalue weighted by Crippen LogP contribution is 2.36. The molecule has 1 aliphatic heterocycles. The normalized spacial score (nSPS) is 14.7. The highest BCUT2D eigenvalue weighted by atomic mass is 16.6. The van der Waals surface area contributed by atoms with Gasteiger partial charge in [-0.25, -0.2) is 13.8 Å². The van der Waals surface area contributed by atoms with Crippen LogP contribution in [0.25, 0.3) is 40.2 Å². The minimum absolute atomic E-state index is 0.170. The molecule has 3 heterocycles. The molecule has 6 heteroatoms. The van der Waals surface area contributed by atoms with Gasteiger partial charge in [0.25, 0.3) is 0 Å². The second-order valence-corrected chi connectivity index (χ2v) is 14.6. The van der Waals surface area contributed by atoms with E-state index < -0.39 is 6.09 Å². The molecule has 59 heavy (non-hydrogen) atoms. The fourth-order valence-electron chi connectivity index (χ4n) is 7.24. The Bertz CT molecular complexity index is 2490. The zero-order valence-corrected chi connectivity index (χ0v) is 33.3. The van der Waals surface area contributed by atoms with Crippen molar-refractivity contribution in [1.29, 1.82) is 0 Å². The number of pyridine rings is 1. The molecule has 0 saturated carbocycles. The summed E-state index contributed by atoms with van der Waals surface area (Å²) in [5.41, 5.74) is 9.79. The van der Waals surface area contributed by atoms with E-state index >= 15 is 0 Å². The zero-order chi connectivity index (χ0) is 40.4. The number of amides is 1. The van der Waals surface area contributed by atoms with Crippen LogP contribution in [0.3, 0.4) is 0 Å². The first-order valence-corrected chi connectivity index (χ1v) is 19.9. The number of ether oxygens (including phenoxy) is 2. The maximum Gasteiger partial charge on any atom is 0.414 e. The summed E-state index contributed by atoms with van der Waals surface area (Å²) in [5, 5.41) is 0. The summed E-state index contributed by atoms with van der Waals surface area (Å²) in [4.78, 5) is 15.6. The summed E-state index contributed by atoms with van der Waals surface area (Å²) in [7, 11) is 3.77. The van der Waals surface area contributed by atoms with E-state index in [9.17, 15) is 4.79 Å². The molecule has 6 nitrogen and oxygen atoms in total. The minimum atomic E-state index is -0.417. The Labute approximate surface area is 346 Å². The van der Waals surface area contributed by atoms with Gasteiger partial charge in [-0.3, -0.25) is 4.90 Å². The molecule has 0 atom stereocenters. The fourth-order valence-corrected chi connectivity index (χ4v) is 7.24. The lowest BCUT2D eigenvalue weighted by Gasteiger charge is -2.28. The number of carbonyl (C=O) groups excluding carboxylic acids is 1. The van der Waals surface area contributed by atoms with Gasteiger partial charge in [0.1, 0.15) is 25.2 Å². The van der Waals surface area contributed by atoms with Crippen molar-refractivity contribution in [2.75, 3.05) is 7.05 Å². The van der Waals surface area contributed by atoms with Gasteiger partial charge in [0.15, 0.2) is 12.4 Å². The third kappa shape index (κ3) is 9.63. The van der Waals surface area contributed by atoms with Gasteiger partial charge in [-0.15, -0.1) is 0 Å². The van der Waals surface area contributed by atoms with Crippen molar-refractivity contribution < 1.29 is 23.3 Å². The summed E-state index contributed by atoms with van der Waals surface area (Å²) < 4.78 is 20.8. The van der Waals surface area contributed by atoms with Gasteiger partial charge < -0.3 is 9.47 Å². The highest BCUT2D eigenvalue weighted by Gasteiger charge is 2.25. The lowest BCUT2D eigenvalue weighted by molar-refractivity contribution is -0.671. The molecular formula is C53H46N2O4+2. The second-order valence-electron chi connectivity index (χ2n) is 14.6. The van der Waals surface area contributed by atoms with Crippen LogP contribution < -0.4 is 4.57 Å². The number of benzene rings is 4. The lowest BCUT2D eigenvalue weighted by Crippen LogP contribution is -2.30. The lowest BCUT2D eigenvalue weighted by atomic mass is 9.89. The Kier molecular flexibility index (Phi) is 12.0. The van der Waals surface area contributed by atoms with Crippen LogP contribution in [-0.4, -0.2) is 18.0 Å². The van der Waals surface area contributed by atoms with Gasteiger partial charge in [-0.1, -0.05) is 121 Å². The third-order valence-corrected chi connectivity index (χ3v) is 10.3. The summed E-state index contributed by atoms with van der Waals surface area (Å²) in [6.45, 7) is 0.170. The standard InChI is InChI=1S/C53H46N2O4/c1-54-32-30-39(31-33-54)38-57-53(56)55(2)52-46(28-26-40-34-48(42-16-7-3-8-17-42)58-49(35-40)43-18-9-4-10-19-43)24-15-25-47(52)29-27-41-36-50(44-20-11-5-12-21-44)59-51(37-41)45-22-13-6-14-23-45/h3-14,16-23,26-37H,15,24-25,38H2,1-2H3/q+2. The molecule has 0 bridgehead atoms. The molecule has 0 N–H and O–H groups in total. The zero-order valence-electron chi connectivity index (χ0n) is 33.3. The number of aromatic nitrogens is 1. The van der Waals surface area contributed by atoms with Gasteiger partial charge in [0.05, 0.1) is 29.0 Å². The molecule has 290 valence electrons. The number of hydrogen-bond donors (Lipinski definition) is 0. The molecular weight excluding hydrogens is 729 g/mol. The predicted octanol–water partition coefficient (Wildman–Crippen LogP) is 12.4. The van der Waals surface area contributed by atoms with E-state index in [1.54, 1.807) is 11.9 Å². The number of carbonyl (C=O) groups is 1. The summed E-state index contributed by atoms with van der Waals surface area (Å²) >= 11 is 0. The molecule has 0 radical (unpaired) electrons. The molecule has 2 aromatic heterocycles. The molecule has 6 aromatic rings. The molecule has 4 aromatic carbocycles. The average Bonchev–Trinajstić information content (AvgIpc) is 3.30. The number of aryl methyl sites for hydroxylation is 1. The Balaban J connectivity index is 1.19. The maximum atomic E-state index is 13.9. The number of nitrogens with zero attached hydrogens (tertiary/aromatic N) is 2. The first-order valence-electron chi connectivity index (χ1n) is 19.9. The van der Waals surface area contributed by atoms with Crippen molar-refractivity contribution >= 4 is 23.7 Å². The quantitative estimate of drug-likeness (QED) is 0.103. The highest BCUT2D eigenvalue weighted by molar-refractivity contribution is 5.78. The number of rotatable bonds is 10. The van der Waals surface area contributed by atoms with Crippen LogP contribution in [0.4, 0.5) is 4.79 Å². The number of likely N-dealkylation sites (N-methyl/N-ethyl adjacent to an activating group) is 1. The van der Waals surface area contributed by atoms with Crippen molar-refractivity contribution in [3.8, 4) is 22.6 Å². The Morgan fingerprint density at radius 3 is 1.76 bits per heavy atom. The largest absolute Gasteiger partial charge is 0.456 e. The Hall–Kier alpha value is -7.31. The predicted molar refractivity (Wildman–Crippen MR) is 236 cm³/mol. The van der Waals surface area contributed by atoms with Crippen LogP contribution in [0.15, 0.2) is 215 Å². The average molecular weight is 775 g/mol. The van der Waals surface area contributed by atoms with E-state index in [2.05, 4.69) is 97.1 Å². The van der Waals surface area contributed by atoms with E-state index in [1.807, 2.05) is 109 Å². The first-order chi connectivity index (χ1) is 29.0. The van der Waals surface area contributed by atoms with Crippen molar-refractivity contribution in [3.05, 3.63) is 233 Å². The molecule has 1 amide bonds. The monoisotopic (exact) mass is 774 g/mol. The van der Waals surface area contributed by atoms with Crippen molar-refractivity contribution in [2.24, 2.45) is 7.05 Å². The van der Waals surface area contributed by atoms with E-state index in [-0.39, 0.29) is 6.61 Å². The molecule has 8 rings (SSSR count). The van der Waals surface area contributed by atoms with E-state index in [4.69, 9.17) is 13.9 Å². The van der Waals surface area contributed by atoms with Crippen molar-refractivity contribution in [3.63, 3.8) is 0 Å². The van der Waals surface area contributed by atoms with Crippen LogP contribution in [0.5, 0.6) is 0 Å². The van der Waals surface area contributed by atoms with Gasteiger partial charge in [0.2, 0.25) is 0 Å². The molecule has 0 spiro atoms. The topological polar surface area (TPSA) is 54.0 Å². The summed E-state index contributed by atoms with van der Waals surface area (Å²) in [6, 6.07) is 48.6. The SMILES string of the molecule is CN(C(=O)OCc1cc[n+](C)cc1)C1=C(/C=C/c2cc(-c3ccccc3)[o+]c(-c3ccccc3)c2)CCC/C1=C\C=C1C=C(c2ccccc2)OC(c2ccccc2)=C1. The maximum absolute atomic E-state index is 13.9. The molecule has 0 unspecified atom stereocenters. The van der Waals surface area contributed by atoms with Crippen LogP contribution in [0.1, 0.15) is 41.5 Å². The van der Waals surface area contributed by atoms with Gasteiger partial charge in [-0.05, 0) is 78.0 Å². The van der Waals surface area contributed by atoms with Crippen molar-refractivity contribution in [2.45, 2.75) is 25.9 Å². The Morgan fingerprint density at radius 1 is 0.695 bits per heavy atom. The summed E-state index contributed by atoms with van der Waals surface area (Å²) in [5.74, 6) is 3.09. The van der Waals surface area contributed by atoms with E-state index in [1.165, 1.54) is 0 Å². The van der Waals surface area contributed by atoms with Crippen LogP contribution in [0.2, 0.25) is 0 Å².